The van der Waals surface area contributed by atoms with E-state index < -0.39 is 10.2 Å². The van der Waals surface area contributed by atoms with Gasteiger partial charge in [-0.15, -0.1) is 0 Å². The van der Waals surface area contributed by atoms with Crippen LogP contribution in [0.3, 0.4) is 0 Å². The number of hydrogen-bond acceptors (Lipinski definition) is 4. The third kappa shape index (κ3) is 3.76. The van der Waals surface area contributed by atoms with E-state index in [0.29, 0.717) is 19.6 Å². The van der Waals surface area contributed by atoms with Crippen molar-refractivity contribution in [1.82, 2.24) is 14.0 Å². The average Bonchev–Trinajstić information content (AvgIpc) is 3.11. The standard InChI is InChI=1S/C16H23N5O2S/c1-17-16(19-24(22,23)20-10-6-3-7-11-20)21-13-15(12-18-21)14-8-4-2-5-9-14/h2,4-5,8-9,12,15H,3,6-7,10-11,13H2,1H3,(H,17,19). The van der Waals surface area contributed by atoms with Crippen LogP contribution in [0, 0.1) is 0 Å². The second-order valence-electron chi connectivity index (χ2n) is 5.98. The first-order chi connectivity index (χ1) is 11.6. The predicted molar refractivity (Wildman–Crippen MR) is 95.2 cm³/mol. The summed E-state index contributed by atoms with van der Waals surface area (Å²) in [6.45, 7) is 1.68. The molecule has 24 heavy (non-hydrogen) atoms. The van der Waals surface area contributed by atoms with Gasteiger partial charge in [0.2, 0.25) is 5.96 Å². The van der Waals surface area contributed by atoms with E-state index in [4.69, 9.17) is 0 Å². The van der Waals surface area contributed by atoms with Gasteiger partial charge in [0.1, 0.15) is 0 Å². The lowest BCUT2D eigenvalue weighted by atomic mass is 10.0. The average molecular weight is 349 g/mol. The van der Waals surface area contributed by atoms with E-state index in [1.807, 2.05) is 36.5 Å². The number of benzene rings is 1. The number of nitrogens with zero attached hydrogens (tertiary/aromatic N) is 4. The van der Waals surface area contributed by atoms with E-state index >= 15 is 0 Å². The smallest absolute Gasteiger partial charge is 0.254 e. The monoisotopic (exact) mass is 349 g/mol. The normalized spacial score (nSPS) is 22.8. The van der Waals surface area contributed by atoms with Crippen molar-refractivity contribution in [3.63, 3.8) is 0 Å². The minimum Gasteiger partial charge on any atom is -0.254 e. The number of rotatable bonds is 3. The summed E-state index contributed by atoms with van der Waals surface area (Å²) >= 11 is 0. The molecular formula is C16H23N5O2S. The highest BCUT2D eigenvalue weighted by molar-refractivity contribution is 7.87. The van der Waals surface area contributed by atoms with Crippen LogP contribution in [0.1, 0.15) is 30.7 Å². The van der Waals surface area contributed by atoms with Gasteiger partial charge in [0, 0.05) is 32.3 Å². The molecule has 0 aromatic heterocycles. The number of hydrazone groups is 1. The molecule has 1 aromatic carbocycles. The summed E-state index contributed by atoms with van der Waals surface area (Å²) in [7, 11) is -2.01. The lowest BCUT2D eigenvalue weighted by Gasteiger charge is -2.27. The first kappa shape index (κ1) is 16.9. The molecule has 2 aliphatic heterocycles. The van der Waals surface area contributed by atoms with Crippen molar-refractivity contribution >= 4 is 22.4 Å². The Balaban J connectivity index is 1.66. The van der Waals surface area contributed by atoms with Crippen LogP contribution in [-0.4, -0.2) is 56.6 Å². The fraction of sp³-hybridized carbons (Fsp3) is 0.500. The van der Waals surface area contributed by atoms with Crippen LogP contribution >= 0.6 is 0 Å². The highest BCUT2D eigenvalue weighted by Gasteiger charge is 2.29. The molecular weight excluding hydrogens is 326 g/mol. The molecule has 8 heteroatoms. The molecule has 0 aliphatic carbocycles. The van der Waals surface area contributed by atoms with Crippen molar-refractivity contribution in [1.29, 1.82) is 0 Å². The maximum atomic E-state index is 12.5. The molecule has 0 bridgehead atoms. The Morgan fingerprint density at radius 1 is 1.21 bits per heavy atom. The second kappa shape index (κ2) is 7.31. The summed E-state index contributed by atoms with van der Waals surface area (Å²) in [5.41, 5.74) is 1.15. The minimum absolute atomic E-state index is 0.127. The lowest BCUT2D eigenvalue weighted by Crippen LogP contribution is -2.49. The van der Waals surface area contributed by atoms with Gasteiger partial charge in [0.25, 0.3) is 0 Å². The number of nitrogens with one attached hydrogen (secondary N) is 1. The number of piperidine rings is 1. The van der Waals surface area contributed by atoms with Gasteiger partial charge < -0.3 is 0 Å². The van der Waals surface area contributed by atoms with Gasteiger partial charge in [-0.2, -0.15) is 17.8 Å². The highest BCUT2D eigenvalue weighted by atomic mass is 32.2. The summed E-state index contributed by atoms with van der Waals surface area (Å²) in [6, 6.07) is 10.0. The summed E-state index contributed by atoms with van der Waals surface area (Å²) < 4.78 is 29.1. The minimum atomic E-state index is -3.58. The summed E-state index contributed by atoms with van der Waals surface area (Å²) in [6.07, 6.45) is 4.71. The molecule has 2 aliphatic rings. The van der Waals surface area contributed by atoms with Crippen molar-refractivity contribution in [2.75, 3.05) is 26.7 Å². The number of hydrogen-bond donors (Lipinski definition) is 1. The van der Waals surface area contributed by atoms with Crippen LogP contribution < -0.4 is 4.72 Å². The van der Waals surface area contributed by atoms with Crippen molar-refractivity contribution in [3.8, 4) is 0 Å². The second-order valence-corrected chi connectivity index (χ2v) is 7.65. The van der Waals surface area contributed by atoms with Crippen molar-refractivity contribution < 1.29 is 8.42 Å². The Morgan fingerprint density at radius 3 is 2.58 bits per heavy atom. The molecule has 3 rings (SSSR count). The largest absolute Gasteiger partial charge is 0.303 e. The van der Waals surface area contributed by atoms with Crippen LogP contribution in [0.4, 0.5) is 0 Å². The summed E-state index contributed by atoms with van der Waals surface area (Å²) in [5, 5.41) is 5.94. The van der Waals surface area contributed by atoms with Crippen molar-refractivity contribution in [3.05, 3.63) is 35.9 Å². The van der Waals surface area contributed by atoms with Gasteiger partial charge in [-0.3, -0.25) is 4.99 Å². The quantitative estimate of drug-likeness (QED) is 0.661. The van der Waals surface area contributed by atoms with E-state index in [1.165, 1.54) is 4.31 Å². The van der Waals surface area contributed by atoms with Crippen LogP contribution in [0.2, 0.25) is 0 Å². The first-order valence-electron chi connectivity index (χ1n) is 8.21. The lowest BCUT2D eigenvalue weighted by molar-refractivity contribution is 0.343. The third-order valence-corrected chi connectivity index (χ3v) is 5.80. The Labute approximate surface area is 143 Å². The van der Waals surface area contributed by atoms with Crippen molar-refractivity contribution in [2.45, 2.75) is 25.2 Å². The molecule has 0 saturated carbocycles. The van der Waals surface area contributed by atoms with Gasteiger partial charge in [-0.1, -0.05) is 36.8 Å². The Morgan fingerprint density at radius 2 is 1.92 bits per heavy atom. The highest BCUT2D eigenvalue weighted by Crippen LogP contribution is 2.20. The molecule has 1 fully saturated rings. The van der Waals surface area contributed by atoms with Gasteiger partial charge in [-0.25, -0.2) is 9.73 Å². The molecule has 1 atom stereocenters. The molecule has 1 aromatic rings. The predicted octanol–water partition coefficient (Wildman–Crippen LogP) is 1.38. The molecule has 0 spiro atoms. The Kier molecular flexibility index (Phi) is 5.15. The molecule has 2 heterocycles. The first-order valence-corrected chi connectivity index (χ1v) is 9.65. The number of guanidine groups is 1. The van der Waals surface area contributed by atoms with Gasteiger partial charge >= 0.3 is 10.2 Å². The third-order valence-electron chi connectivity index (χ3n) is 4.31. The summed E-state index contributed by atoms with van der Waals surface area (Å²) in [5.74, 6) is 0.387. The summed E-state index contributed by atoms with van der Waals surface area (Å²) in [4.78, 5) is 4.09. The molecule has 7 nitrogen and oxygen atoms in total. The van der Waals surface area contributed by atoms with E-state index in [0.717, 1.165) is 24.8 Å². The van der Waals surface area contributed by atoms with Gasteiger partial charge in [0.05, 0.1) is 6.54 Å². The number of aliphatic imine (C=N–C) groups is 1. The van der Waals surface area contributed by atoms with Crippen LogP contribution in [0.25, 0.3) is 0 Å². The Hall–Kier alpha value is -1.93. The topological polar surface area (TPSA) is 77.4 Å². The molecule has 1 N–H and O–H groups in total. The fourth-order valence-electron chi connectivity index (χ4n) is 2.97. The zero-order chi connectivity index (χ0) is 17.0. The molecule has 1 saturated heterocycles. The van der Waals surface area contributed by atoms with Crippen LogP contribution in [0.5, 0.6) is 0 Å². The van der Waals surface area contributed by atoms with E-state index in [-0.39, 0.29) is 11.9 Å². The van der Waals surface area contributed by atoms with E-state index in [2.05, 4.69) is 14.8 Å². The fourth-order valence-corrected chi connectivity index (χ4v) is 4.27. The molecule has 0 radical (unpaired) electrons. The molecule has 130 valence electrons. The van der Waals surface area contributed by atoms with E-state index in [1.54, 1.807) is 12.1 Å². The zero-order valence-corrected chi connectivity index (χ0v) is 14.6. The SMILES string of the molecule is CN=C(NS(=O)(=O)N1CCCCC1)N1CC(c2ccccc2)C=N1. The Bertz CT molecular complexity index is 711. The molecule has 0 amide bonds. The van der Waals surface area contributed by atoms with Crippen LogP contribution in [0.15, 0.2) is 40.4 Å². The van der Waals surface area contributed by atoms with Crippen LogP contribution in [-0.2, 0) is 10.2 Å². The van der Waals surface area contributed by atoms with E-state index in [9.17, 15) is 8.42 Å². The van der Waals surface area contributed by atoms with Gasteiger partial charge in [-0.05, 0) is 18.4 Å². The van der Waals surface area contributed by atoms with Gasteiger partial charge in [0.15, 0.2) is 0 Å². The maximum absolute atomic E-state index is 12.5. The van der Waals surface area contributed by atoms with Crippen molar-refractivity contribution in [2.24, 2.45) is 10.1 Å². The maximum Gasteiger partial charge on any atom is 0.303 e. The zero-order valence-electron chi connectivity index (χ0n) is 13.8. The molecule has 1 unspecified atom stereocenters.